The fraction of sp³-hybridized carbons (Fsp3) is 0.0625. The average molecular weight is 405 g/mol. The van der Waals surface area contributed by atoms with E-state index in [-0.39, 0.29) is 16.3 Å². The Bertz CT molecular complexity index is 1200. The van der Waals surface area contributed by atoms with Crippen LogP contribution in [0.2, 0.25) is 5.02 Å². The quantitative estimate of drug-likeness (QED) is 0.381. The number of fused-ring (bicyclic) bond motifs is 3. The molecule has 0 fully saturated rings. The van der Waals surface area contributed by atoms with E-state index in [1.165, 1.54) is 29.5 Å². The molecule has 2 heterocycles. The van der Waals surface area contributed by atoms with E-state index >= 15 is 0 Å². The first-order valence-electron chi connectivity index (χ1n) is 7.34. The van der Waals surface area contributed by atoms with Gasteiger partial charge in [-0.1, -0.05) is 22.9 Å². The highest BCUT2D eigenvalue weighted by molar-refractivity contribution is 7.24. The van der Waals surface area contributed by atoms with Crippen LogP contribution in [0, 0.1) is 17.0 Å². The van der Waals surface area contributed by atoms with Crippen LogP contribution in [0.4, 0.5) is 10.8 Å². The number of hydrogen-bond donors (Lipinski definition) is 1. The molecule has 0 atom stereocenters. The zero-order valence-electron chi connectivity index (χ0n) is 13.1. The Kier molecular flexibility index (Phi) is 4.06. The number of aryl methyl sites for hydroxylation is 1. The third-order valence-corrected chi connectivity index (χ3v) is 5.81. The predicted octanol–water partition coefficient (Wildman–Crippen LogP) is 5.03. The molecule has 0 radical (unpaired) electrons. The molecule has 0 unspecified atom stereocenters. The van der Waals surface area contributed by atoms with Crippen LogP contribution in [-0.4, -0.2) is 20.8 Å². The minimum atomic E-state index is -0.635. The van der Waals surface area contributed by atoms with Crippen molar-refractivity contribution < 1.29 is 9.72 Å². The van der Waals surface area contributed by atoms with Crippen molar-refractivity contribution in [2.24, 2.45) is 0 Å². The van der Waals surface area contributed by atoms with E-state index in [4.69, 9.17) is 11.6 Å². The van der Waals surface area contributed by atoms with E-state index in [1.807, 2.05) is 19.1 Å². The van der Waals surface area contributed by atoms with Gasteiger partial charge in [0.2, 0.25) is 0 Å². The van der Waals surface area contributed by atoms with Crippen LogP contribution in [0.15, 0.2) is 30.3 Å². The average Bonchev–Trinajstić information content (AvgIpc) is 3.16. The summed E-state index contributed by atoms with van der Waals surface area (Å²) in [6, 6.07) is 7.65. The highest BCUT2D eigenvalue weighted by atomic mass is 35.5. The molecule has 2 aromatic heterocycles. The van der Waals surface area contributed by atoms with Crippen LogP contribution in [0.1, 0.15) is 15.4 Å². The van der Waals surface area contributed by atoms with Crippen molar-refractivity contribution >= 4 is 71.4 Å². The third kappa shape index (κ3) is 2.90. The summed E-state index contributed by atoms with van der Waals surface area (Å²) >= 11 is 8.74. The molecule has 0 saturated heterocycles. The minimum Gasteiger partial charge on any atom is -0.298 e. The number of amides is 1. The SMILES string of the molecule is Cc1nc2c(ccc3nc(NC(=O)c4cc(Cl)ccc4[N+](=O)[O-])sc32)s1. The number of carbonyl (C=O) groups excluding carboxylic acids is 1. The second kappa shape index (κ2) is 6.27. The highest BCUT2D eigenvalue weighted by Crippen LogP contribution is 2.35. The van der Waals surface area contributed by atoms with Gasteiger partial charge in [0, 0.05) is 11.1 Å². The van der Waals surface area contributed by atoms with E-state index < -0.39 is 10.8 Å². The topological polar surface area (TPSA) is 98.0 Å². The molecule has 0 aliphatic heterocycles. The van der Waals surface area contributed by atoms with Gasteiger partial charge in [-0.25, -0.2) is 9.97 Å². The first-order chi connectivity index (χ1) is 12.4. The smallest absolute Gasteiger partial charge is 0.282 e. The molecule has 0 aliphatic rings. The number of nitrogens with one attached hydrogen (secondary N) is 1. The first kappa shape index (κ1) is 16.8. The number of rotatable bonds is 3. The molecule has 4 aromatic rings. The van der Waals surface area contributed by atoms with Crippen molar-refractivity contribution in [3.05, 3.63) is 56.0 Å². The second-order valence-corrected chi connectivity index (χ2v) is 8.06. The maximum absolute atomic E-state index is 12.5. The largest absolute Gasteiger partial charge is 0.298 e. The summed E-state index contributed by atoms with van der Waals surface area (Å²) in [5, 5.41) is 15.3. The van der Waals surface area contributed by atoms with Crippen molar-refractivity contribution in [1.29, 1.82) is 0 Å². The number of hydrogen-bond acceptors (Lipinski definition) is 7. The molecule has 4 rings (SSSR count). The number of nitro benzene ring substituents is 1. The van der Waals surface area contributed by atoms with Crippen LogP contribution in [0.3, 0.4) is 0 Å². The Balaban J connectivity index is 1.73. The van der Waals surface area contributed by atoms with Gasteiger partial charge in [0.1, 0.15) is 11.1 Å². The summed E-state index contributed by atoms with van der Waals surface area (Å²) in [6.45, 7) is 1.93. The van der Waals surface area contributed by atoms with Gasteiger partial charge in [0.05, 0.1) is 24.8 Å². The fourth-order valence-corrected chi connectivity index (χ4v) is 4.58. The van der Waals surface area contributed by atoms with Gasteiger partial charge in [-0.2, -0.15) is 0 Å². The van der Waals surface area contributed by atoms with Crippen molar-refractivity contribution in [1.82, 2.24) is 9.97 Å². The lowest BCUT2D eigenvalue weighted by Gasteiger charge is -2.03. The van der Waals surface area contributed by atoms with Crippen molar-refractivity contribution in [3.63, 3.8) is 0 Å². The molecule has 7 nitrogen and oxygen atoms in total. The van der Waals surface area contributed by atoms with E-state index in [0.29, 0.717) is 10.6 Å². The normalized spacial score (nSPS) is 11.2. The molecule has 130 valence electrons. The lowest BCUT2D eigenvalue weighted by atomic mass is 10.1. The van der Waals surface area contributed by atoms with Gasteiger partial charge in [0.15, 0.2) is 5.13 Å². The summed E-state index contributed by atoms with van der Waals surface area (Å²) < 4.78 is 1.91. The van der Waals surface area contributed by atoms with Gasteiger partial charge in [-0.3, -0.25) is 20.2 Å². The van der Waals surface area contributed by atoms with Gasteiger partial charge in [-0.15, -0.1) is 11.3 Å². The maximum Gasteiger partial charge on any atom is 0.282 e. The van der Waals surface area contributed by atoms with Crippen LogP contribution in [0.5, 0.6) is 0 Å². The molecule has 1 amide bonds. The molecule has 1 N–H and O–H groups in total. The molecule has 2 aromatic carbocycles. The van der Waals surface area contributed by atoms with Crippen LogP contribution < -0.4 is 5.32 Å². The lowest BCUT2D eigenvalue weighted by Crippen LogP contribution is -2.13. The number of halogens is 1. The Morgan fingerprint density at radius 2 is 2.04 bits per heavy atom. The number of anilines is 1. The number of aromatic nitrogens is 2. The summed E-state index contributed by atoms with van der Waals surface area (Å²) in [5.41, 5.74) is 1.13. The van der Waals surface area contributed by atoms with Gasteiger partial charge in [-0.05, 0) is 31.2 Å². The first-order valence-corrected chi connectivity index (χ1v) is 9.35. The van der Waals surface area contributed by atoms with Crippen LogP contribution >= 0.6 is 34.3 Å². The summed E-state index contributed by atoms with van der Waals surface area (Å²) in [7, 11) is 0. The Morgan fingerprint density at radius 1 is 1.23 bits per heavy atom. The van der Waals surface area contributed by atoms with Crippen molar-refractivity contribution in [2.45, 2.75) is 6.92 Å². The number of benzene rings is 2. The molecule has 26 heavy (non-hydrogen) atoms. The van der Waals surface area contributed by atoms with Crippen molar-refractivity contribution in [3.8, 4) is 0 Å². The molecular formula is C16H9ClN4O3S2. The fourth-order valence-electron chi connectivity index (χ4n) is 2.55. The number of carbonyl (C=O) groups is 1. The standard InChI is InChI=1S/C16H9ClN4O3S2/c1-7-18-13-12(25-7)5-3-10-14(13)26-16(19-10)20-15(22)9-6-8(17)2-4-11(9)21(23)24/h2-6H,1H3,(H,19,20,22). The highest BCUT2D eigenvalue weighted by Gasteiger charge is 2.22. The zero-order chi connectivity index (χ0) is 18.4. The summed E-state index contributed by atoms with van der Waals surface area (Å²) in [5.74, 6) is -0.635. The summed E-state index contributed by atoms with van der Waals surface area (Å²) in [6.07, 6.45) is 0. The number of thiazole rings is 2. The molecular weight excluding hydrogens is 396 g/mol. The molecule has 0 bridgehead atoms. The lowest BCUT2D eigenvalue weighted by molar-refractivity contribution is -0.385. The van der Waals surface area contributed by atoms with Gasteiger partial charge < -0.3 is 0 Å². The summed E-state index contributed by atoms with van der Waals surface area (Å²) in [4.78, 5) is 31.9. The number of nitro groups is 1. The van der Waals surface area contributed by atoms with Crippen molar-refractivity contribution in [2.75, 3.05) is 5.32 Å². The third-order valence-electron chi connectivity index (χ3n) is 3.64. The minimum absolute atomic E-state index is 0.114. The van der Waals surface area contributed by atoms with E-state index in [0.717, 1.165) is 19.9 Å². The van der Waals surface area contributed by atoms with E-state index in [2.05, 4.69) is 15.3 Å². The monoisotopic (exact) mass is 404 g/mol. The van der Waals surface area contributed by atoms with Gasteiger partial charge in [0.25, 0.3) is 11.6 Å². The molecule has 0 saturated carbocycles. The second-order valence-electron chi connectivity index (χ2n) is 5.39. The Morgan fingerprint density at radius 3 is 2.81 bits per heavy atom. The van der Waals surface area contributed by atoms with E-state index in [9.17, 15) is 14.9 Å². The Hall–Kier alpha value is -2.62. The maximum atomic E-state index is 12.5. The molecule has 0 spiro atoms. The van der Waals surface area contributed by atoms with Gasteiger partial charge >= 0.3 is 0 Å². The molecule has 10 heteroatoms. The number of nitrogens with zero attached hydrogens (tertiary/aromatic N) is 3. The molecule has 0 aliphatic carbocycles. The van der Waals surface area contributed by atoms with Crippen LogP contribution in [0.25, 0.3) is 20.4 Å². The van der Waals surface area contributed by atoms with Crippen LogP contribution in [-0.2, 0) is 0 Å². The predicted molar refractivity (Wildman–Crippen MR) is 104 cm³/mol. The Labute approximate surface area is 159 Å². The zero-order valence-corrected chi connectivity index (χ0v) is 15.5. The van der Waals surface area contributed by atoms with E-state index in [1.54, 1.807) is 11.3 Å².